The summed E-state index contributed by atoms with van der Waals surface area (Å²) in [4.78, 5) is 27.2. The summed E-state index contributed by atoms with van der Waals surface area (Å²) >= 11 is 0. The molecule has 0 radical (unpaired) electrons. The van der Waals surface area contributed by atoms with E-state index < -0.39 is 17.1 Å². The van der Waals surface area contributed by atoms with Crippen molar-refractivity contribution >= 4 is 11.2 Å². The first-order valence-corrected chi connectivity index (χ1v) is 9.64. The highest BCUT2D eigenvalue weighted by molar-refractivity contribution is 5.78. The monoisotopic (exact) mass is 391 g/mol. The lowest BCUT2D eigenvalue weighted by Gasteiger charge is -2.25. The van der Waals surface area contributed by atoms with Crippen LogP contribution in [0.25, 0.3) is 5.52 Å². The van der Waals surface area contributed by atoms with Gasteiger partial charge in [-0.2, -0.15) is 4.68 Å². The molecule has 3 heterocycles. The van der Waals surface area contributed by atoms with E-state index in [2.05, 4.69) is 12.2 Å². The Bertz CT molecular complexity index is 1040. The fourth-order valence-electron chi connectivity index (χ4n) is 4.27. The summed E-state index contributed by atoms with van der Waals surface area (Å²) in [7, 11) is 3.36. The van der Waals surface area contributed by atoms with Gasteiger partial charge in [0.15, 0.2) is 11.6 Å². The Morgan fingerprint density at radius 1 is 1.32 bits per heavy atom. The van der Waals surface area contributed by atoms with Crippen LogP contribution >= 0.6 is 0 Å². The number of pyridine rings is 1. The second-order valence-corrected chi connectivity index (χ2v) is 7.80. The maximum Gasteiger partial charge on any atom is 0.354 e. The van der Waals surface area contributed by atoms with Crippen LogP contribution in [0.5, 0.6) is 5.75 Å². The molecule has 2 aromatic rings. The Hall–Kier alpha value is -2.55. The molecule has 152 valence electrons. The van der Waals surface area contributed by atoms with Crippen molar-refractivity contribution in [3.05, 3.63) is 38.4 Å². The standard InChI is InChI=1S/C19H26FN5O3/c1-10(22-2)12-6-7-23(8-12)15-13(20)9-24-16(17(15)28-3)14(11-4-5-11)18(26)25(21)19(24)27/h9-12,22H,4-8,21H2,1-3H3/t10-,12?/m0/s1. The van der Waals surface area contributed by atoms with Crippen molar-refractivity contribution in [2.24, 2.45) is 5.92 Å². The van der Waals surface area contributed by atoms with Crippen LogP contribution in [0.3, 0.4) is 0 Å². The third-order valence-electron chi connectivity index (χ3n) is 6.15. The van der Waals surface area contributed by atoms with Gasteiger partial charge in [-0.15, -0.1) is 0 Å². The third kappa shape index (κ3) is 2.76. The normalized spacial score (nSPS) is 20.7. The van der Waals surface area contributed by atoms with Gasteiger partial charge in [-0.25, -0.2) is 9.18 Å². The molecule has 3 N–H and O–H groups in total. The number of nitrogens with two attached hydrogens (primary N) is 1. The van der Waals surface area contributed by atoms with Crippen LogP contribution in [-0.4, -0.2) is 42.4 Å². The van der Waals surface area contributed by atoms with Crippen molar-refractivity contribution in [1.82, 2.24) is 14.4 Å². The molecule has 1 aliphatic heterocycles. The predicted octanol–water partition coefficient (Wildman–Crippen LogP) is 0.634. The summed E-state index contributed by atoms with van der Waals surface area (Å²) in [6, 6.07) is 0.300. The molecule has 0 spiro atoms. The van der Waals surface area contributed by atoms with Gasteiger partial charge in [0, 0.05) is 19.1 Å². The van der Waals surface area contributed by atoms with E-state index in [1.165, 1.54) is 7.11 Å². The minimum absolute atomic E-state index is 0.0146. The van der Waals surface area contributed by atoms with Gasteiger partial charge in [0.05, 0.1) is 18.9 Å². The second-order valence-electron chi connectivity index (χ2n) is 7.80. The molecule has 9 heteroatoms. The van der Waals surface area contributed by atoms with Gasteiger partial charge in [0.25, 0.3) is 5.56 Å². The number of aromatic nitrogens is 2. The van der Waals surface area contributed by atoms with Gasteiger partial charge in [-0.3, -0.25) is 9.20 Å². The average Bonchev–Trinajstić information content (AvgIpc) is 3.41. The van der Waals surface area contributed by atoms with E-state index in [0.29, 0.717) is 46.5 Å². The maximum absolute atomic E-state index is 15.2. The molecule has 1 saturated heterocycles. The first-order chi connectivity index (χ1) is 13.4. The average molecular weight is 391 g/mol. The minimum Gasteiger partial charge on any atom is -0.492 e. The summed E-state index contributed by atoms with van der Waals surface area (Å²) in [6.07, 6.45) is 3.72. The number of nitrogens with one attached hydrogen (secondary N) is 1. The van der Waals surface area contributed by atoms with E-state index in [-0.39, 0.29) is 11.7 Å². The SMILES string of the molecule is CN[C@@H](C)C1CCN(c2c(F)cn3c(=O)n(N)c(=O)c(C4CC4)c3c2OC)C1. The topological polar surface area (TPSA) is 94.0 Å². The van der Waals surface area contributed by atoms with Gasteiger partial charge in [0.2, 0.25) is 0 Å². The van der Waals surface area contributed by atoms with Crippen LogP contribution in [0.15, 0.2) is 15.8 Å². The number of hydrogen-bond donors (Lipinski definition) is 2. The largest absolute Gasteiger partial charge is 0.492 e. The summed E-state index contributed by atoms with van der Waals surface area (Å²) in [5.74, 6) is 5.72. The number of fused-ring (bicyclic) bond motifs is 1. The lowest BCUT2D eigenvalue weighted by atomic mass is 10.0. The molecule has 2 aliphatic rings. The van der Waals surface area contributed by atoms with Crippen LogP contribution in [0.1, 0.15) is 37.7 Å². The van der Waals surface area contributed by atoms with Crippen molar-refractivity contribution in [2.75, 3.05) is 38.0 Å². The molecule has 2 aromatic heterocycles. The first-order valence-electron chi connectivity index (χ1n) is 9.64. The molecule has 0 amide bonds. The highest BCUT2D eigenvalue weighted by Crippen LogP contribution is 2.45. The van der Waals surface area contributed by atoms with Crippen LogP contribution in [0.2, 0.25) is 0 Å². The molecule has 1 unspecified atom stereocenters. The molecule has 0 bridgehead atoms. The Kier molecular flexibility index (Phi) is 4.57. The van der Waals surface area contributed by atoms with E-state index in [0.717, 1.165) is 29.9 Å². The summed E-state index contributed by atoms with van der Waals surface area (Å²) in [5, 5.41) is 3.25. The van der Waals surface area contributed by atoms with E-state index in [1.807, 2.05) is 11.9 Å². The number of anilines is 1. The number of halogens is 1. The Morgan fingerprint density at radius 3 is 2.64 bits per heavy atom. The van der Waals surface area contributed by atoms with E-state index in [1.54, 1.807) is 0 Å². The fourth-order valence-corrected chi connectivity index (χ4v) is 4.27. The number of rotatable bonds is 5. The van der Waals surface area contributed by atoms with Crippen LogP contribution in [0, 0.1) is 11.7 Å². The minimum atomic E-state index is -0.781. The van der Waals surface area contributed by atoms with Gasteiger partial charge in [0.1, 0.15) is 11.2 Å². The van der Waals surface area contributed by atoms with Gasteiger partial charge in [-0.05, 0) is 45.1 Å². The zero-order valence-corrected chi connectivity index (χ0v) is 16.4. The lowest BCUT2D eigenvalue weighted by Crippen LogP contribution is -2.44. The summed E-state index contributed by atoms with van der Waals surface area (Å²) in [6.45, 7) is 3.45. The quantitative estimate of drug-likeness (QED) is 0.727. The number of ether oxygens (including phenoxy) is 1. The van der Waals surface area contributed by atoms with Crippen molar-refractivity contribution in [3.8, 4) is 5.75 Å². The third-order valence-corrected chi connectivity index (χ3v) is 6.15. The molecule has 1 aliphatic carbocycles. The summed E-state index contributed by atoms with van der Waals surface area (Å²) < 4.78 is 22.4. The molecule has 2 fully saturated rings. The van der Waals surface area contributed by atoms with Gasteiger partial charge in [-0.1, -0.05) is 0 Å². The second kappa shape index (κ2) is 6.80. The van der Waals surface area contributed by atoms with Crippen molar-refractivity contribution in [3.63, 3.8) is 0 Å². The van der Waals surface area contributed by atoms with Gasteiger partial charge < -0.3 is 20.8 Å². The first kappa shape index (κ1) is 18.8. The molecular weight excluding hydrogens is 365 g/mol. The molecule has 0 aromatic carbocycles. The fraction of sp³-hybridized carbons (Fsp3) is 0.579. The molecule has 1 saturated carbocycles. The lowest BCUT2D eigenvalue weighted by molar-refractivity contribution is 0.410. The smallest absolute Gasteiger partial charge is 0.354 e. The van der Waals surface area contributed by atoms with Crippen LogP contribution in [-0.2, 0) is 0 Å². The maximum atomic E-state index is 15.2. The highest BCUT2D eigenvalue weighted by Gasteiger charge is 2.35. The van der Waals surface area contributed by atoms with E-state index in [4.69, 9.17) is 10.6 Å². The highest BCUT2D eigenvalue weighted by atomic mass is 19.1. The summed E-state index contributed by atoms with van der Waals surface area (Å²) in [5.41, 5.74) is -0.241. The van der Waals surface area contributed by atoms with Crippen molar-refractivity contribution in [1.29, 1.82) is 0 Å². The van der Waals surface area contributed by atoms with E-state index in [9.17, 15) is 9.59 Å². The van der Waals surface area contributed by atoms with Crippen LogP contribution in [0.4, 0.5) is 10.1 Å². The molecule has 28 heavy (non-hydrogen) atoms. The number of methoxy groups -OCH3 is 1. The zero-order valence-electron chi connectivity index (χ0n) is 16.4. The zero-order chi connectivity index (χ0) is 20.2. The van der Waals surface area contributed by atoms with Gasteiger partial charge >= 0.3 is 5.69 Å². The Balaban J connectivity index is 1.95. The predicted molar refractivity (Wildman–Crippen MR) is 105 cm³/mol. The van der Waals surface area contributed by atoms with Crippen molar-refractivity contribution in [2.45, 2.75) is 38.1 Å². The molecule has 2 atom stereocenters. The van der Waals surface area contributed by atoms with Crippen molar-refractivity contribution < 1.29 is 9.13 Å². The molecule has 8 nitrogen and oxygen atoms in total. The Labute approximate surface area is 161 Å². The molecule has 4 rings (SSSR count). The Morgan fingerprint density at radius 2 is 2.04 bits per heavy atom. The van der Waals surface area contributed by atoms with Crippen LogP contribution < -0.4 is 32.0 Å². The number of hydrogen-bond acceptors (Lipinski definition) is 6. The number of nitrogens with zero attached hydrogens (tertiary/aromatic N) is 3. The number of nitrogen functional groups attached to an aromatic ring is 1. The molecular formula is C19H26FN5O3. The van der Waals surface area contributed by atoms with E-state index >= 15 is 4.39 Å².